The van der Waals surface area contributed by atoms with E-state index in [1.54, 1.807) is 12.1 Å². The molecule has 1 atom stereocenters. The maximum Gasteiger partial charge on any atom is 0.138 e. The molecule has 7 rings (SSSR count). The lowest BCUT2D eigenvalue weighted by atomic mass is 9.98. The molecule has 0 spiro atoms. The van der Waals surface area contributed by atoms with Crippen LogP contribution in [0, 0.1) is 11.3 Å². The van der Waals surface area contributed by atoms with Crippen molar-refractivity contribution < 1.29 is 4.74 Å². The highest BCUT2D eigenvalue weighted by molar-refractivity contribution is 6.36. The monoisotopic (exact) mass is 764 g/mol. The van der Waals surface area contributed by atoms with Gasteiger partial charge >= 0.3 is 0 Å². The molecule has 1 unspecified atom stereocenters. The Morgan fingerprint density at radius 2 is 1.66 bits per heavy atom. The van der Waals surface area contributed by atoms with E-state index in [2.05, 4.69) is 57.7 Å². The van der Waals surface area contributed by atoms with Crippen LogP contribution in [0.3, 0.4) is 0 Å². The van der Waals surface area contributed by atoms with Gasteiger partial charge in [-0.2, -0.15) is 5.26 Å². The number of fused-ring (bicyclic) bond motifs is 1. The van der Waals surface area contributed by atoms with Crippen LogP contribution < -0.4 is 15.4 Å². The minimum atomic E-state index is -0.380. The van der Waals surface area contributed by atoms with E-state index in [-0.39, 0.29) is 17.6 Å². The van der Waals surface area contributed by atoms with Gasteiger partial charge in [0.25, 0.3) is 0 Å². The van der Waals surface area contributed by atoms with Gasteiger partial charge in [0.15, 0.2) is 0 Å². The van der Waals surface area contributed by atoms with E-state index < -0.39 is 0 Å². The number of piperidine rings is 1. The Morgan fingerprint density at radius 1 is 0.925 bits per heavy atom. The van der Waals surface area contributed by atoms with E-state index in [4.69, 9.17) is 39.5 Å². The molecule has 0 radical (unpaired) electrons. The van der Waals surface area contributed by atoms with Gasteiger partial charge in [0.05, 0.1) is 45.1 Å². The smallest absolute Gasteiger partial charge is 0.138 e. The van der Waals surface area contributed by atoms with E-state index in [1.807, 2.05) is 83.7 Å². The lowest BCUT2D eigenvalue weighted by Gasteiger charge is -2.40. The van der Waals surface area contributed by atoms with Gasteiger partial charge < -0.3 is 15.4 Å². The molecule has 270 valence electrons. The maximum absolute atomic E-state index is 10.1. The summed E-state index contributed by atoms with van der Waals surface area (Å²) < 4.78 is 7.98. The molecule has 0 saturated carbocycles. The summed E-state index contributed by atoms with van der Waals surface area (Å²) >= 11 is 19.9. The number of hydrogen-bond donors (Lipinski definition) is 2. The minimum Gasteiger partial charge on any atom is -0.487 e. The second-order valence-electron chi connectivity index (χ2n) is 14.2. The molecule has 1 aliphatic heterocycles. The molecule has 4 aromatic carbocycles. The number of rotatable bonds is 10. The molecule has 9 nitrogen and oxygen atoms in total. The molecular formula is C41H39Cl3N8O. The van der Waals surface area contributed by atoms with Crippen LogP contribution in [0.15, 0.2) is 97.3 Å². The number of benzene rings is 4. The number of nitrogens with zero attached hydrogens (tertiary/aromatic N) is 6. The predicted molar refractivity (Wildman–Crippen MR) is 214 cm³/mol. The summed E-state index contributed by atoms with van der Waals surface area (Å²) in [6, 6.07) is 28.9. The molecule has 0 bridgehead atoms. The normalized spacial score (nSPS) is 14.5. The Morgan fingerprint density at radius 3 is 2.36 bits per heavy atom. The van der Waals surface area contributed by atoms with Crippen molar-refractivity contribution in [2.45, 2.75) is 57.8 Å². The molecule has 3 heterocycles. The van der Waals surface area contributed by atoms with Crippen molar-refractivity contribution in [3.8, 4) is 11.8 Å². The standard InChI is InChI=1S/C41H39Cl3N8O/c1-41(2,3)51-17-15-32(16-18-51)52-24-36(49-50-52)39(27-9-11-29(42)12-10-27)48-31-19-33-38(28(22-45)23-46-40(33)35(44)21-31)47-30-13-14-37(34(43)20-30)53-25-26-7-5-4-6-8-26/h4-14,19-21,23-24,32,39,48H,15-18,25H2,1-3H3,(H,46,47). The van der Waals surface area contributed by atoms with Crippen LogP contribution in [0.2, 0.25) is 15.1 Å². The van der Waals surface area contributed by atoms with Crippen molar-refractivity contribution in [3.63, 3.8) is 0 Å². The number of anilines is 3. The molecule has 0 aliphatic carbocycles. The summed E-state index contributed by atoms with van der Waals surface area (Å²) in [5.41, 5.74) is 5.70. The Hall–Kier alpha value is -4.85. The molecule has 6 aromatic rings. The Bertz CT molecular complexity index is 2260. The first kappa shape index (κ1) is 36.5. The number of nitriles is 1. The Balaban J connectivity index is 1.18. The van der Waals surface area contributed by atoms with E-state index in [1.165, 1.54) is 6.20 Å². The highest BCUT2D eigenvalue weighted by atomic mass is 35.5. The van der Waals surface area contributed by atoms with Crippen molar-refractivity contribution in [3.05, 3.63) is 135 Å². The Labute approximate surface area is 324 Å². The summed E-state index contributed by atoms with van der Waals surface area (Å²) in [6.45, 7) is 9.18. The first-order valence-electron chi connectivity index (χ1n) is 17.5. The first-order valence-corrected chi connectivity index (χ1v) is 18.6. The lowest BCUT2D eigenvalue weighted by molar-refractivity contribution is 0.0866. The van der Waals surface area contributed by atoms with Crippen LogP contribution in [-0.4, -0.2) is 43.5 Å². The third-order valence-electron chi connectivity index (χ3n) is 9.61. The fourth-order valence-corrected chi connectivity index (χ4v) is 7.32. The van der Waals surface area contributed by atoms with Crippen LogP contribution >= 0.6 is 34.8 Å². The number of halogens is 3. The molecule has 53 heavy (non-hydrogen) atoms. The van der Waals surface area contributed by atoms with E-state index in [0.29, 0.717) is 61.0 Å². The third kappa shape index (κ3) is 8.37. The van der Waals surface area contributed by atoms with Gasteiger partial charge in [-0.15, -0.1) is 5.10 Å². The molecule has 12 heteroatoms. The summed E-state index contributed by atoms with van der Waals surface area (Å²) in [5, 5.41) is 28.6. The van der Waals surface area contributed by atoms with Crippen LogP contribution in [0.1, 0.15) is 68.1 Å². The average Bonchev–Trinajstić information content (AvgIpc) is 3.65. The number of aromatic nitrogens is 4. The maximum atomic E-state index is 10.1. The number of likely N-dealkylation sites (tertiary alicyclic amines) is 1. The van der Waals surface area contributed by atoms with Gasteiger partial charge in [0, 0.05) is 46.6 Å². The summed E-state index contributed by atoms with van der Waals surface area (Å²) in [5.74, 6) is 0.552. The quantitative estimate of drug-likeness (QED) is 0.142. The van der Waals surface area contributed by atoms with E-state index >= 15 is 0 Å². The van der Waals surface area contributed by atoms with Crippen LogP contribution in [0.4, 0.5) is 17.1 Å². The summed E-state index contributed by atoms with van der Waals surface area (Å²) in [4.78, 5) is 7.07. The highest BCUT2D eigenvalue weighted by Gasteiger charge is 2.29. The lowest BCUT2D eigenvalue weighted by Crippen LogP contribution is -2.46. The Kier molecular flexibility index (Phi) is 10.8. The number of hydrogen-bond acceptors (Lipinski definition) is 8. The van der Waals surface area contributed by atoms with Gasteiger partial charge in [-0.1, -0.05) is 82.5 Å². The zero-order valence-electron chi connectivity index (χ0n) is 29.7. The number of nitrogens with one attached hydrogen (secondary N) is 2. The van der Waals surface area contributed by atoms with Crippen molar-refractivity contribution in [1.82, 2.24) is 24.9 Å². The third-order valence-corrected chi connectivity index (χ3v) is 10.4. The van der Waals surface area contributed by atoms with Crippen LogP contribution in [0.5, 0.6) is 5.75 Å². The van der Waals surface area contributed by atoms with E-state index in [9.17, 15) is 5.26 Å². The molecule has 2 N–H and O–H groups in total. The average molecular weight is 766 g/mol. The van der Waals surface area contributed by atoms with Gasteiger partial charge in [0.1, 0.15) is 24.1 Å². The van der Waals surface area contributed by atoms with Crippen molar-refractivity contribution in [2.75, 3.05) is 23.7 Å². The molecule has 1 saturated heterocycles. The second kappa shape index (κ2) is 15.6. The molecule has 2 aromatic heterocycles. The zero-order chi connectivity index (χ0) is 37.1. The highest BCUT2D eigenvalue weighted by Crippen LogP contribution is 2.38. The predicted octanol–water partition coefficient (Wildman–Crippen LogP) is 10.6. The minimum absolute atomic E-state index is 0.136. The fourth-order valence-electron chi connectivity index (χ4n) is 6.69. The molecular weight excluding hydrogens is 727 g/mol. The molecule has 0 amide bonds. The first-order chi connectivity index (χ1) is 25.6. The zero-order valence-corrected chi connectivity index (χ0v) is 31.9. The van der Waals surface area contributed by atoms with Crippen molar-refractivity contribution in [2.24, 2.45) is 0 Å². The molecule has 1 aliphatic rings. The van der Waals surface area contributed by atoms with E-state index in [0.717, 1.165) is 42.8 Å². The largest absolute Gasteiger partial charge is 0.487 e. The molecule has 1 fully saturated rings. The number of pyridine rings is 1. The fraction of sp³-hybridized carbons (Fsp3) is 0.268. The van der Waals surface area contributed by atoms with Crippen molar-refractivity contribution in [1.29, 1.82) is 5.26 Å². The topological polar surface area (TPSA) is 104 Å². The summed E-state index contributed by atoms with van der Waals surface area (Å²) in [7, 11) is 0. The summed E-state index contributed by atoms with van der Waals surface area (Å²) in [6.07, 6.45) is 5.55. The van der Waals surface area contributed by atoms with Crippen LogP contribution in [0.25, 0.3) is 10.9 Å². The van der Waals surface area contributed by atoms with Crippen LogP contribution in [-0.2, 0) is 6.61 Å². The van der Waals surface area contributed by atoms with Gasteiger partial charge in [0.2, 0.25) is 0 Å². The van der Waals surface area contributed by atoms with Gasteiger partial charge in [-0.05, 0) is 87.2 Å². The second-order valence-corrected chi connectivity index (χ2v) is 15.4. The number of ether oxygens (including phenoxy) is 1. The van der Waals surface area contributed by atoms with Crippen molar-refractivity contribution >= 4 is 62.8 Å². The van der Waals surface area contributed by atoms with Gasteiger partial charge in [-0.25, -0.2) is 4.68 Å². The van der Waals surface area contributed by atoms with Gasteiger partial charge in [-0.3, -0.25) is 9.88 Å². The SMILES string of the molecule is CC(C)(C)N1CCC(n2cc(C(Nc3cc(Cl)c4ncc(C#N)c(Nc5ccc(OCc6ccccc6)c(Cl)c5)c4c3)c3ccc(Cl)cc3)nn2)CC1.